The highest BCUT2D eigenvalue weighted by atomic mass is 16.2. The van der Waals surface area contributed by atoms with Gasteiger partial charge in [-0.15, -0.1) is 0 Å². The van der Waals surface area contributed by atoms with Crippen molar-refractivity contribution in [2.45, 2.75) is 53.0 Å². The second-order valence-electron chi connectivity index (χ2n) is 6.85. The van der Waals surface area contributed by atoms with Crippen LogP contribution in [0.1, 0.15) is 49.6 Å². The average molecular weight is 311 g/mol. The number of aromatic nitrogens is 2. The highest BCUT2D eigenvalue weighted by molar-refractivity contribution is 5.82. The second-order valence-corrected chi connectivity index (χ2v) is 6.85. The van der Waals surface area contributed by atoms with Crippen LogP contribution in [-0.4, -0.2) is 15.7 Å². The van der Waals surface area contributed by atoms with Gasteiger partial charge in [-0.05, 0) is 38.8 Å². The minimum atomic E-state index is -0.183. The minimum absolute atomic E-state index is 0.182. The maximum atomic E-state index is 12.5. The van der Waals surface area contributed by atoms with Crippen LogP contribution in [0.15, 0.2) is 30.3 Å². The molecule has 0 bridgehead atoms. The maximum Gasteiger partial charge on any atom is 0.226 e. The van der Waals surface area contributed by atoms with Crippen molar-refractivity contribution < 1.29 is 4.79 Å². The van der Waals surface area contributed by atoms with Crippen LogP contribution in [0.4, 0.5) is 0 Å². The van der Waals surface area contributed by atoms with Crippen LogP contribution in [-0.2, 0) is 11.3 Å². The summed E-state index contributed by atoms with van der Waals surface area (Å²) < 4.78 is 1.95. The molecule has 4 nitrogen and oxygen atoms in total. The Kier molecular flexibility index (Phi) is 4.24. The van der Waals surface area contributed by atoms with E-state index in [1.54, 1.807) is 0 Å². The average Bonchev–Trinajstić information content (AvgIpc) is 3.11. The fourth-order valence-corrected chi connectivity index (χ4v) is 3.52. The van der Waals surface area contributed by atoms with Gasteiger partial charge in [-0.3, -0.25) is 4.79 Å². The zero-order valence-corrected chi connectivity index (χ0v) is 14.2. The highest BCUT2D eigenvalue weighted by Gasteiger charge is 2.36. The molecule has 1 aromatic carbocycles. The minimum Gasteiger partial charge on any atom is -0.351 e. The number of aryl methyl sites for hydroxylation is 1. The Morgan fingerprint density at radius 3 is 2.52 bits per heavy atom. The van der Waals surface area contributed by atoms with Crippen molar-refractivity contribution in [2.75, 3.05) is 0 Å². The van der Waals surface area contributed by atoms with Crippen molar-refractivity contribution in [3.8, 4) is 5.69 Å². The van der Waals surface area contributed by atoms with Crippen molar-refractivity contribution >= 4 is 5.91 Å². The summed E-state index contributed by atoms with van der Waals surface area (Å²) in [5.74, 6) is 0.182. The zero-order chi connectivity index (χ0) is 16.4. The van der Waals surface area contributed by atoms with E-state index < -0.39 is 0 Å². The third-order valence-electron chi connectivity index (χ3n) is 5.12. The molecule has 3 rings (SSSR count). The fourth-order valence-electron chi connectivity index (χ4n) is 3.52. The van der Waals surface area contributed by atoms with Gasteiger partial charge in [0.05, 0.1) is 11.4 Å². The smallest absolute Gasteiger partial charge is 0.226 e. The van der Waals surface area contributed by atoms with Gasteiger partial charge in [-0.1, -0.05) is 38.0 Å². The third kappa shape index (κ3) is 3.03. The zero-order valence-electron chi connectivity index (χ0n) is 14.2. The number of hydrogen-bond donors (Lipinski definition) is 1. The lowest BCUT2D eigenvalue weighted by Gasteiger charge is -2.22. The molecule has 1 heterocycles. The molecular formula is C19H25N3O. The Morgan fingerprint density at radius 1 is 1.22 bits per heavy atom. The van der Waals surface area contributed by atoms with Crippen molar-refractivity contribution in [1.82, 2.24) is 15.1 Å². The normalized spacial score (nSPS) is 16.5. The number of para-hydroxylation sites is 1. The van der Waals surface area contributed by atoms with Gasteiger partial charge in [0.15, 0.2) is 0 Å². The fraction of sp³-hybridized carbons (Fsp3) is 0.474. The van der Waals surface area contributed by atoms with Gasteiger partial charge >= 0.3 is 0 Å². The summed E-state index contributed by atoms with van der Waals surface area (Å²) in [7, 11) is 0. The summed E-state index contributed by atoms with van der Waals surface area (Å²) in [6.45, 7) is 6.71. The lowest BCUT2D eigenvalue weighted by molar-refractivity contribution is -0.130. The molecule has 0 unspecified atom stereocenters. The summed E-state index contributed by atoms with van der Waals surface area (Å²) in [6.07, 6.45) is 4.32. The van der Waals surface area contributed by atoms with Crippen LogP contribution in [0.5, 0.6) is 0 Å². The van der Waals surface area contributed by atoms with E-state index in [2.05, 4.69) is 24.3 Å². The van der Waals surface area contributed by atoms with Gasteiger partial charge in [0.1, 0.15) is 0 Å². The molecule has 1 N–H and O–H groups in total. The monoisotopic (exact) mass is 311 g/mol. The van der Waals surface area contributed by atoms with Crippen molar-refractivity contribution in [3.63, 3.8) is 0 Å². The van der Waals surface area contributed by atoms with Crippen LogP contribution in [0.2, 0.25) is 0 Å². The van der Waals surface area contributed by atoms with E-state index in [4.69, 9.17) is 0 Å². The summed E-state index contributed by atoms with van der Waals surface area (Å²) in [5.41, 5.74) is 4.04. The van der Waals surface area contributed by atoms with Crippen molar-refractivity contribution in [3.05, 3.63) is 47.3 Å². The summed E-state index contributed by atoms with van der Waals surface area (Å²) in [6, 6.07) is 10.1. The molecule has 0 saturated heterocycles. The Labute approximate surface area is 137 Å². The Hall–Kier alpha value is -2.10. The Balaban J connectivity index is 1.76. The number of rotatable bonds is 4. The van der Waals surface area contributed by atoms with E-state index in [0.717, 1.165) is 48.3 Å². The molecule has 0 radical (unpaired) electrons. The Bertz CT molecular complexity index is 697. The first-order chi connectivity index (χ1) is 11.0. The molecule has 122 valence electrons. The number of hydrogen-bond acceptors (Lipinski definition) is 2. The standard InChI is InChI=1S/C19H25N3O/c1-14-17(13-20-18(23)19(3)11-7-8-12-19)15(2)22(21-14)16-9-5-4-6-10-16/h4-6,9-10H,7-8,11-13H2,1-3H3,(H,20,23). The molecule has 4 heteroatoms. The molecule has 0 atom stereocenters. The predicted octanol–water partition coefficient (Wildman–Crippen LogP) is 3.69. The molecule has 23 heavy (non-hydrogen) atoms. The molecule has 1 amide bonds. The second kappa shape index (κ2) is 6.19. The summed E-state index contributed by atoms with van der Waals surface area (Å²) in [5, 5.41) is 7.77. The molecule has 2 aromatic rings. The van der Waals surface area contributed by atoms with Gasteiger partial charge in [0, 0.05) is 23.2 Å². The summed E-state index contributed by atoms with van der Waals surface area (Å²) >= 11 is 0. The van der Waals surface area contributed by atoms with E-state index in [9.17, 15) is 4.79 Å². The first kappa shape index (κ1) is 15.8. The summed E-state index contributed by atoms with van der Waals surface area (Å²) in [4.78, 5) is 12.5. The molecular weight excluding hydrogens is 286 g/mol. The van der Waals surface area contributed by atoms with Crippen LogP contribution in [0.3, 0.4) is 0 Å². The first-order valence-corrected chi connectivity index (χ1v) is 8.40. The van der Waals surface area contributed by atoms with Crippen LogP contribution in [0, 0.1) is 19.3 Å². The van der Waals surface area contributed by atoms with E-state index in [0.29, 0.717) is 6.54 Å². The largest absolute Gasteiger partial charge is 0.351 e. The van der Waals surface area contributed by atoms with E-state index in [1.165, 1.54) is 0 Å². The van der Waals surface area contributed by atoms with Gasteiger partial charge in [0.25, 0.3) is 0 Å². The lowest BCUT2D eigenvalue weighted by Crippen LogP contribution is -2.36. The molecule has 1 fully saturated rings. The number of benzene rings is 1. The molecule has 0 spiro atoms. The number of carbonyl (C=O) groups is 1. The predicted molar refractivity (Wildman–Crippen MR) is 91.5 cm³/mol. The quantitative estimate of drug-likeness (QED) is 0.936. The Morgan fingerprint density at radius 2 is 1.87 bits per heavy atom. The number of nitrogens with one attached hydrogen (secondary N) is 1. The van der Waals surface area contributed by atoms with Gasteiger partial charge < -0.3 is 5.32 Å². The van der Waals surface area contributed by atoms with E-state index in [-0.39, 0.29) is 11.3 Å². The molecule has 1 aromatic heterocycles. The number of amides is 1. The van der Waals surface area contributed by atoms with E-state index >= 15 is 0 Å². The van der Waals surface area contributed by atoms with Gasteiger partial charge in [-0.25, -0.2) is 4.68 Å². The highest BCUT2D eigenvalue weighted by Crippen LogP contribution is 2.37. The first-order valence-electron chi connectivity index (χ1n) is 8.40. The van der Waals surface area contributed by atoms with Crippen molar-refractivity contribution in [1.29, 1.82) is 0 Å². The molecule has 1 saturated carbocycles. The van der Waals surface area contributed by atoms with Crippen LogP contribution in [0.25, 0.3) is 5.69 Å². The van der Waals surface area contributed by atoms with Crippen molar-refractivity contribution in [2.24, 2.45) is 5.41 Å². The van der Waals surface area contributed by atoms with E-state index in [1.807, 2.05) is 41.9 Å². The maximum absolute atomic E-state index is 12.5. The van der Waals surface area contributed by atoms with Gasteiger partial charge in [-0.2, -0.15) is 5.10 Å². The lowest BCUT2D eigenvalue weighted by atomic mass is 9.88. The SMILES string of the molecule is Cc1nn(-c2ccccc2)c(C)c1CNC(=O)C1(C)CCCC1. The van der Waals surface area contributed by atoms with Gasteiger partial charge in [0.2, 0.25) is 5.91 Å². The van der Waals surface area contributed by atoms with Crippen LogP contribution >= 0.6 is 0 Å². The number of carbonyl (C=O) groups excluding carboxylic acids is 1. The third-order valence-corrected chi connectivity index (χ3v) is 5.12. The number of nitrogens with zero attached hydrogens (tertiary/aromatic N) is 2. The molecule has 0 aliphatic heterocycles. The van der Waals surface area contributed by atoms with Crippen LogP contribution < -0.4 is 5.32 Å². The topological polar surface area (TPSA) is 46.9 Å². The molecule has 1 aliphatic carbocycles. The molecule has 1 aliphatic rings.